The molecule has 0 aromatic rings. The van der Waals surface area contributed by atoms with Gasteiger partial charge in [-0.2, -0.15) is 0 Å². The summed E-state index contributed by atoms with van der Waals surface area (Å²) in [5.41, 5.74) is 0. The van der Waals surface area contributed by atoms with Crippen LogP contribution >= 0.6 is 0 Å². The SMILES string of the molecule is CCCCCCCCC=CCCCCC(CC(O)CO)C(CC(=O)OCC(O)CO)CC(O)CO. The van der Waals surface area contributed by atoms with Gasteiger partial charge in [0.1, 0.15) is 12.7 Å². The van der Waals surface area contributed by atoms with E-state index in [1.165, 1.54) is 38.5 Å². The monoisotopic (exact) mass is 504 g/mol. The molecule has 0 aliphatic carbocycles. The fourth-order valence-corrected chi connectivity index (χ4v) is 4.30. The second-order valence-corrected chi connectivity index (χ2v) is 9.70. The molecule has 0 aromatic heterocycles. The number of hydrogen-bond donors (Lipinski definition) is 6. The van der Waals surface area contributed by atoms with Crippen molar-refractivity contribution in [3.63, 3.8) is 0 Å². The van der Waals surface area contributed by atoms with Crippen molar-refractivity contribution in [3.05, 3.63) is 12.2 Å². The minimum absolute atomic E-state index is 0.0455. The van der Waals surface area contributed by atoms with Gasteiger partial charge in [-0.1, -0.05) is 64.0 Å². The molecule has 8 nitrogen and oxygen atoms in total. The van der Waals surface area contributed by atoms with E-state index in [9.17, 15) is 30.3 Å². The summed E-state index contributed by atoms with van der Waals surface area (Å²) in [5.74, 6) is -1.09. The second kappa shape index (κ2) is 23.4. The quantitative estimate of drug-likeness (QED) is 0.0668. The lowest BCUT2D eigenvalue weighted by Gasteiger charge is -2.29. The van der Waals surface area contributed by atoms with Crippen molar-refractivity contribution in [2.45, 2.75) is 115 Å². The topological polar surface area (TPSA) is 148 Å². The second-order valence-electron chi connectivity index (χ2n) is 9.70. The Hall–Kier alpha value is -1.03. The van der Waals surface area contributed by atoms with Crippen molar-refractivity contribution in [1.29, 1.82) is 0 Å². The van der Waals surface area contributed by atoms with Crippen LogP contribution in [0.4, 0.5) is 0 Å². The summed E-state index contributed by atoms with van der Waals surface area (Å²) >= 11 is 0. The van der Waals surface area contributed by atoms with Crippen LogP contribution < -0.4 is 0 Å². The summed E-state index contributed by atoms with van der Waals surface area (Å²) < 4.78 is 5.02. The predicted octanol–water partition coefficient (Wildman–Crippen LogP) is 2.86. The van der Waals surface area contributed by atoms with Crippen molar-refractivity contribution in [2.75, 3.05) is 26.4 Å². The molecule has 0 amide bonds. The first-order valence-corrected chi connectivity index (χ1v) is 13.5. The molecule has 0 fully saturated rings. The van der Waals surface area contributed by atoms with Gasteiger partial charge in [0.15, 0.2) is 0 Å². The summed E-state index contributed by atoms with van der Waals surface area (Å²) in [7, 11) is 0. The molecular formula is C27H52O8. The van der Waals surface area contributed by atoms with Gasteiger partial charge in [-0.15, -0.1) is 0 Å². The Kier molecular flexibility index (Phi) is 22.7. The van der Waals surface area contributed by atoms with Crippen LogP contribution in [-0.2, 0) is 9.53 Å². The van der Waals surface area contributed by atoms with Crippen LogP contribution in [0, 0.1) is 11.8 Å². The highest BCUT2D eigenvalue weighted by molar-refractivity contribution is 5.69. The molecule has 0 aliphatic heterocycles. The zero-order chi connectivity index (χ0) is 26.3. The Labute approximate surface area is 212 Å². The number of ether oxygens (including phenoxy) is 1. The van der Waals surface area contributed by atoms with Crippen molar-refractivity contribution in [3.8, 4) is 0 Å². The Bertz CT molecular complexity index is 513. The lowest BCUT2D eigenvalue weighted by Crippen LogP contribution is -2.30. The van der Waals surface area contributed by atoms with Crippen LogP contribution in [0.1, 0.15) is 96.8 Å². The molecule has 6 N–H and O–H groups in total. The third kappa shape index (κ3) is 19.8. The third-order valence-corrected chi connectivity index (χ3v) is 6.40. The number of allylic oxidation sites excluding steroid dienone is 2. The van der Waals surface area contributed by atoms with Gasteiger partial charge in [0, 0.05) is 6.42 Å². The van der Waals surface area contributed by atoms with Crippen LogP contribution in [0.25, 0.3) is 0 Å². The molecule has 0 saturated heterocycles. The Morgan fingerprint density at radius 1 is 0.714 bits per heavy atom. The van der Waals surface area contributed by atoms with E-state index < -0.39 is 37.5 Å². The number of aliphatic hydroxyl groups excluding tert-OH is 6. The van der Waals surface area contributed by atoms with E-state index in [1.54, 1.807) is 0 Å². The molecule has 8 heteroatoms. The molecule has 0 spiro atoms. The molecule has 5 atom stereocenters. The van der Waals surface area contributed by atoms with E-state index in [2.05, 4.69) is 19.1 Å². The maximum Gasteiger partial charge on any atom is 0.306 e. The average Bonchev–Trinajstić information content (AvgIpc) is 2.86. The number of esters is 1. The number of unbranched alkanes of at least 4 members (excludes halogenated alkanes) is 8. The van der Waals surface area contributed by atoms with Gasteiger partial charge >= 0.3 is 5.97 Å². The molecule has 35 heavy (non-hydrogen) atoms. The zero-order valence-corrected chi connectivity index (χ0v) is 21.8. The van der Waals surface area contributed by atoms with E-state index in [0.717, 1.165) is 25.7 Å². The summed E-state index contributed by atoms with van der Waals surface area (Å²) in [4.78, 5) is 12.3. The van der Waals surface area contributed by atoms with Crippen molar-refractivity contribution in [2.24, 2.45) is 11.8 Å². The van der Waals surface area contributed by atoms with Crippen LogP contribution in [0.2, 0.25) is 0 Å². The van der Waals surface area contributed by atoms with E-state index in [4.69, 9.17) is 9.84 Å². The number of rotatable bonds is 24. The van der Waals surface area contributed by atoms with E-state index in [1.807, 2.05) is 0 Å². The summed E-state index contributed by atoms with van der Waals surface area (Å²) in [6.07, 6.45) is 14.1. The van der Waals surface area contributed by atoms with E-state index in [-0.39, 0.29) is 44.3 Å². The van der Waals surface area contributed by atoms with Crippen LogP contribution in [0.3, 0.4) is 0 Å². The Balaban J connectivity index is 4.69. The standard InChI is InChI=1S/C27H52O8/c1-2-3-4-5-6-7-8-9-10-11-12-13-14-22(15-24(31)18-28)23(16-25(32)19-29)17-27(34)35-21-26(33)20-30/h9-10,22-26,28-33H,2-8,11-21H2,1H3. The van der Waals surface area contributed by atoms with Crippen LogP contribution in [0.15, 0.2) is 12.2 Å². The van der Waals surface area contributed by atoms with E-state index >= 15 is 0 Å². The van der Waals surface area contributed by atoms with Crippen LogP contribution in [0.5, 0.6) is 0 Å². The minimum Gasteiger partial charge on any atom is -0.463 e. The molecule has 0 aromatic carbocycles. The molecule has 0 aliphatic rings. The van der Waals surface area contributed by atoms with Gasteiger partial charge in [-0.3, -0.25) is 4.79 Å². The molecule has 0 rings (SSSR count). The average molecular weight is 505 g/mol. The molecule has 5 unspecified atom stereocenters. The first-order valence-electron chi connectivity index (χ1n) is 13.5. The third-order valence-electron chi connectivity index (χ3n) is 6.40. The predicted molar refractivity (Wildman–Crippen MR) is 137 cm³/mol. The first-order chi connectivity index (χ1) is 16.9. The fourth-order valence-electron chi connectivity index (χ4n) is 4.30. The maximum atomic E-state index is 12.3. The van der Waals surface area contributed by atoms with Crippen molar-refractivity contribution < 1.29 is 40.2 Å². The highest BCUT2D eigenvalue weighted by atomic mass is 16.5. The molecule has 0 saturated carbocycles. The van der Waals surface area contributed by atoms with Gasteiger partial charge < -0.3 is 35.4 Å². The molecule has 208 valence electrons. The highest BCUT2D eigenvalue weighted by Crippen LogP contribution is 2.31. The number of hydrogen-bond acceptors (Lipinski definition) is 8. The molecule has 0 bridgehead atoms. The van der Waals surface area contributed by atoms with Crippen LogP contribution in [-0.4, -0.2) is 81.3 Å². The van der Waals surface area contributed by atoms with Crippen molar-refractivity contribution in [1.82, 2.24) is 0 Å². The van der Waals surface area contributed by atoms with E-state index in [0.29, 0.717) is 6.42 Å². The molecular weight excluding hydrogens is 452 g/mol. The smallest absolute Gasteiger partial charge is 0.306 e. The lowest BCUT2D eigenvalue weighted by molar-refractivity contribution is -0.149. The number of aliphatic hydroxyl groups is 6. The Morgan fingerprint density at radius 3 is 1.80 bits per heavy atom. The number of carbonyl (C=O) groups is 1. The first kappa shape index (κ1) is 34.0. The van der Waals surface area contributed by atoms with Gasteiger partial charge in [0.2, 0.25) is 0 Å². The summed E-state index contributed by atoms with van der Waals surface area (Å²) in [6.45, 7) is 0.561. The normalized spacial score (nSPS) is 16.2. The Morgan fingerprint density at radius 2 is 1.23 bits per heavy atom. The molecule has 0 heterocycles. The lowest BCUT2D eigenvalue weighted by atomic mass is 9.78. The highest BCUT2D eigenvalue weighted by Gasteiger charge is 2.28. The van der Waals surface area contributed by atoms with Gasteiger partial charge in [0.05, 0.1) is 32.0 Å². The largest absolute Gasteiger partial charge is 0.463 e. The number of carbonyl (C=O) groups excluding carboxylic acids is 1. The maximum absolute atomic E-state index is 12.3. The minimum atomic E-state index is -1.15. The zero-order valence-electron chi connectivity index (χ0n) is 21.8. The van der Waals surface area contributed by atoms with Gasteiger partial charge in [-0.05, 0) is 50.4 Å². The van der Waals surface area contributed by atoms with Gasteiger partial charge in [-0.25, -0.2) is 0 Å². The molecule has 0 radical (unpaired) electrons. The summed E-state index contributed by atoms with van der Waals surface area (Å²) in [6, 6.07) is 0. The van der Waals surface area contributed by atoms with Crippen molar-refractivity contribution >= 4 is 5.97 Å². The van der Waals surface area contributed by atoms with Gasteiger partial charge in [0.25, 0.3) is 0 Å². The fraction of sp³-hybridized carbons (Fsp3) is 0.889. The summed E-state index contributed by atoms with van der Waals surface area (Å²) in [5, 5.41) is 57.0.